The SMILES string of the molecule is C[C@H](O)CN1CCN([C@H](C)C(=O)Nc2nccs2)C[C@H]1C. The summed E-state index contributed by atoms with van der Waals surface area (Å²) in [5.74, 6) is -0.0128. The van der Waals surface area contributed by atoms with Gasteiger partial charge in [0.15, 0.2) is 5.13 Å². The fourth-order valence-corrected chi connectivity index (χ4v) is 3.18. The molecule has 0 aliphatic carbocycles. The monoisotopic (exact) mass is 312 g/mol. The van der Waals surface area contributed by atoms with E-state index in [-0.39, 0.29) is 18.1 Å². The lowest BCUT2D eigenvalue weighted by atomic mass is 10.1. The molecule has 3 atom stereocenters. The van der Waals surface area contributed by atoms with Crippen LogP contribution in [0.3, 0.4) is 0 Å². The number of carbonyl (C=O) groups excluding carboxylic acids is 1. The summed E-state index contributed by atoms with van der Waals surface area (Å²) in [5, 5.41) is 14.8. The minimum absolute atomic E-state index is 0.0128. The van der Waals surface area contributed by atoms with E-state index >= 15 is 0 Å². The van der Waals surface area contributed by atoms with E-state index in [1.54, 1.807) is 6.20 Å². The number of thiazole rings is 1. The van der Waals surface area contributed by atoms with Gasteiger partial charge in [0.05, 0.1) is 12.1 Å². The maximum absolute atomic E-state index is 12.2. The van der Waals surface area contributed by atoms with E-state index in [4.69, 9.17) is 0 Å². The van der Waals surface area contributed by atoms with Crippen LogP contribution >= 0.6 is 11.3 Å². The third kappa shape index (κ3) is 4.47. The lowest BCUT2D eigenvalue weighted by Gasteiger charge is -2.42. The van der Waals surface area contributed by atoms with Gasteiger partial charge in [0.25, 0.3) is 0 Å². The van der Waals surface area contributed by atoms with Crippen molar-refractivity contribution in [2.75, 3.05) is 31.5 Å². The largest absolute Gasteiger partial charge is 0.392 e. The molecule has 0 radical (unpaired) electrons. The average Bonchev–Trinajstić information content (AvgIpc) is 2.92. The zero-order valence-electron chi connectivity index (χ0n) is 12.8. The van der Waals surface area contributed by atoms with Gasteiger partial charge in [0.2, 0.25) is 5.91 Å². The summed E-state index contributed by atoms with van der Waals surface area (Å²) >= 11 is 1.43. The molecule has 0 unspecified atom stereocenters. The first kappa shape index (κ1) is 16.4. The molecular formula is C14H24N4O2S. The van der Waals surface area contributed by atoms with Crippen LogP contribution in [-0.4, -0.2) is 70.2 Å². The van der Waals surface area contributed by atoms with E-state index in [9.17, 15) is 9.90 Å². The molecule has 1 fully saturated rings. The van der Waals surface area contributed by atoms with E-state index in [1.165, 1.54) is 11.3 Å². The number of nitrogens with one attached hydrogen (secondary N) is 1. The molecule has 0 aromatic carbocycles. The Balaban J connectivity index is 1.86. The smallest absolute Gasteiger partial charge is 0.243 e. The molecule has 21 heavy (non-hydrogen) atoms. The van der Waals surface area contributed by atoms with Crippen LogP contribution in [0.5, 0.6) is 0 Å². The number of carbonyl (C=O) groups is 1. The second-order valence-corrected chi connectivity index (χ2v) is 6.58. The van der Waals surface area contributed by atoms with Gasteiger partial charge < -0.3 is 10.4 Å². The lowest BCUT2D eigenvalue weighted by Crippen LogP contribution is -2.57. The van der Waals surface area contributed by atoms with Crippen molar-refractivity contribution in [3.05, 3.63) is 11.6 Å². The molecule has 2 rings (SSSR count). The average molecular weight is 312 g/mol. The highest BCUT2D eigenvalue weighted by atomic mass is 32.1. The van der Waals surface area contributed by atoms with Gasteiger partial charge in [-0.1, -0.05) is 0 Å². The van der Waals surface area contributed by atoms with Crippen LogP contribution in [0, 0.1) is 0 Å². The number of aliphatic hydroxyl groups is 1. The summed E-state index contributed by atoms with van der Waals surface area (Å²) in [5.41, 5.74) is 0. The van der Waals surface area contributed by atoms with Crippen LogP contribution in [-0.2, 0) is 4.79 Å². The van der Waals surface area contributed by atoms with Crippen molar-refractivity contribution >= 4 is 22.4 Å². The summed E-state index contributed by atoms with van der Waals surface area (Å²) in [4.78, 5) is 20.8. The van der Waals surface area contributed by atoms with Gasteiger partial charge in [0, 0.05) is 43.8 Å². The highest BCUT2D eigenvalue weighted by molar-refractivity contribution is 7.13. The van der Waals surface area contributed by atoms with Crippen molar-refractivity contribution in [2.45, 2.75) is 39.0 Å². The topological polar surface area (TPSA) is 68.7 Å². The van der Waals surface area contributed by atoms with Crippen LogP contribution in [0.25, 0.3) is 0 Å². The third-order valence-electron chi connectivity index (χ3n) is 3.88. The molecule has 7 heteroatoms. The van der Waals surface area contributed by atoms with Crippen molar-refractivity contribution in [3.8, 4) is 0 Å². The van der Waals surface area contributed by atoms with Gasteiger partial charge >= 0.3 is 0 Å². The highest BCUT2D eigenvalue weighted by Crippen LogP contribution is 2.15. The molecular weight excluding hydrogens is 288 g/mol. The number of amides is 1. The zero-order chi connectivity index (χ0) is 15.4. The normalized spacial score (nSPS) is 23.7. The number of β-amino-alcohol motifs (C(OH)–C–C–N with tert-alkyl or cyclic N) is 1. The van der Waals surface area contributed by atoms with Crippen LogP contribution in [0.1, 0.15) is 20.8 Å². The molecule has 2 heterocycles. The quantitative estimate of drug-likeness (QED) is 0.844. The first-order chi connectivity index (χ1) is 9.97. The summed E-state index contributed by atoms with van der Waals surface area (Å²) in [7, 11) is 0. The van der Waals surface area contributed by atoms with Crippen LogP contribution < -0.4 is 5.32 Å². The molecule has 1 amide bonds. The zero-order valence-corrected chi connectivity index (χ0v) is 13.6. The highest BCUT2D eigenvalue weighted by Gasteiger charge is 2.30. The second-order valence-electron chi connectivity index (χ2n) is 5.69. The second kappa shape index (κ2) is 7.31. The van der Waals surface area contributed by atoms with Crippen LogP contribution in [0.2, 0.25) is 0 Å². The first-order valence-corrected chi connectivity index (χ1v) is 8.22. The minimum atomic E-state index is -0.315. The number of nitrogens with zero attached hydrogens (tertiary/aromatic N) is 3. The van der Waals surface area contributed by atoms with E-state index in [0.29, 0.717) is 17.7 Å². The number of hydrogen-bond donors (Lipinski definition) is 2. The number of piperazine rings is 1. The Morgan fingerprint density at radius 1 is 1.57 bits per heavy atom. The Kier molecular flexibility index (Phi) is 5.69. The Bertz CT molecular complexity index is 452. The van der Waals surface area contributed by atoms with Gasteiger partial charge in [-0.15, -0.1) is 11.3 Å². The minimum Gasteiger partial charge on any atom is -0.392 e. The standard InChI is InChI=1S/C14H24N4O2S/c1-10-8-18(6-5-17(10)9-11(2)19)12(3)13(20)16-14-15-4-7-21-14/h4,7,10-12,19H,5-6,8-9H2,1-3H3,(H,15,16,20)/t10-,11+,12-/m1/s1. The maximum Gasteiger partial charge on any atom is 0.243 e. The molecule has 118 valence electrons. The van der Waals surface area contributed by atoms with Gasteiger partial charge in [-0.3, -0.25) is 14.6 Å². The number of aromatic nitrogens is 1. The fraction of sp³-hybridized carbons (Fsp3) is 0.714. The van der Waals surface area contributed by atoms with Crippen molar-refractivity contribution in [1.82, 2.24) is 14.8 Å². The predicted octanol–water partition coefficient (Wildman–Crippen LogP) is 0.857. The van der Waals surface area contributed by atoms with E-state index in [0.717, 1.165) is 19.6 Å². The molecule has 0 saturated carbocycles. The Labute approximate surface area is 129 Å². The van der Waals surface area contributed by atoms with Gasteiger partial charge in [-0.2, -0.15) is 0 Å². The lowest BCUT2D eigenvalue weighted by molar-refractivity contribution is -0.122. The third-order valence-corrected chi connectivity index (χ3v) is 4.57. The summed E-state index contributed by atoms with van der Waals surface area (Å²) in [6.45, 7) is 9.11. The molecule has 6 nitrogen and oxygen atoms in total. The van der Waals surface area contributed by atoms with Gasteiger partial charge in [-0.05, 0) is 20.8 Å². The Hall–Kier alpha value is -1.02. The van der Waals surface area contributed by atoms with Crippen molar-refractivity contribution in [2.24, 2.45) is 0 Å². The predicted molar refractivity (Wildman–Crippen MR) is 84.5 cm³/mol. The molecule has 2 N–H and O–H groups in total. The van der Waals surface area contributed by atoms with E-state index < -0.39 is 0 Å². The molecule has 1 aromatic rings. The molecule has 1 aliphatic heterocycles. The number of aliphatic hydroxyl groups excluding tert-OH is 1. The van der Waals surface area contributed by atoms with Crippen molar-refractivity contribution < 1.29 is 9.90 Å². The number of hydrogen-bond acceptors (Lipinski definition) is 6. The Morgan fingerprint density at radius 3 is 2.90 bits per heavy atom. The number of rotatable bonds is 5. The summed E-state index contributed by atoms with van der Waals surface area (Å²) < 4.78 is 0. The number of anilines is 1. The van der Waals surface area contributed by atoms with Crippen LogP contribution in [0.15, 0.2) is 11.6 Å². The van der Waals surface area contributed by atoms with E-state index in [1.807, 2.05) is 19.2 Å². The molecule has 1 aliphatic rings. The maximum atomic E-state index is 12.2. The Morgan fingerprint density at radius 2 is 2.33 bits per heavy atom. The van der Waals surface area contributed by atoms with Crippen LogP contribution in [0.4, 0.5) is 5.13 Å². The van der Waals surface area contributed by atoms with Gasteiger partial charge in [0.1, 0.15) is 0 Å². The molecule has 0 bridgehead atoms. The molecule has 1 saturated heterocycles. The van der Waals surface area contributed by atoms with Gasteiger partial charge in [-0.25, -0.2) is 4.98 Å². The van der Waals surface area contributed by atoms with Crippen molar-refractivity contribution in [3.63, 3.8) is 0 Å². The summed E-state index contributed by atoms with van der Waals surface area (Å²) in [6, 6.07) is 0.161. The van der Waals surface area contributed by atoms with Crippen molar-refractivity contribution in [1.29, 1.82) is 0 Å². The molecule has 0 spiro atoms. The summed E-state index contributed by atoms with van der Waals surface area (Å²) in [6.07, 6.45) is 1.37. The molecule has 1 aromatic heterocycles. The van der Waals surface area contributed by atoms with E-state index in [2.05, 4.69) is 27.0 Å². The fourth-order valence-electron chi connectivity index (χ4n) is 2.65. The first-order valence-electron chi connectivity index (χ1n) is 7.34.